The second-order valence-corrected chi connectivity index (χ2v) is 4.78. The summed E-state index contributed by atoms with van der Waals surface area (Å²) in [6.45, 7) is 3.29. The van der Waals surface area contributed by atoms with Crippen molar-refractivity contribution in [3.8, 4) is 6.07 Å². The van der Waals surface area contributed by atoms with Crippen molar-refractivity contribution in [2.75, 3.05) is 26.7 Å². The molecule has 0 aromatic rings. The Balaban J connectivity index is 1.88. The molecule has 0 aromatic carbocycles. The number of unbranched alkanes of at least 4 members (excludes halogenated alkanes) is 2. The van der Waals surface area contributed by atoms with Gasteiger partial charge in [-0.2, -0.15) is 5.26 Å². The molecule has 92 valence electrons. The van der Waals surface area contributed by atoms with Gasteiger partial charge in [0.05, 0.1) is 6.07 Å². The van der Waals surface area contributed by atoms with Crippen LogP contribution in [0.2, 0.25) is 0 Å². The van der Waals surface area contributed by atoms with Gasteiger partial charge < -0.3 is 10.2 Å². The van der Waals surface area contributed by atoms with Crippen LogP contribution in [0.4, 0.5) is 0 Å². The third-order valence-electron chi connectivity index (χ3n) is 3.48. The fourth-order valence-electron chi connectivity index (χ4n) is 2.36. The lowest BCUT2D eigenvalue weighted by Crippen LogP contribution is -2.35. The van der Waals surface area contributed by atoms with Gasteiger partial charge in [-0.05, 0) is 39.3 Å². The molecular formula is C13H25N3. The zero-order chi connectivity index (χ0) is 11.6. The van der Waals surface area contributed by atoms with E-state index in [4.69, 9.17) is 5.26 Å². The van der Waals surface area contributed by atoms with Gasteiger partial charge in [-0.25, -0.2) is 0 Å². The summed E-state index contributed by atoms with van der Waals surface area (Å²) in [7, 11) is 2.24. The molecule has 16 heavy (non-hydrogen) atoms. The highest BCUT2D eigenvalue weighted by atomic mass is 15.1. The minimum absolute atomic E-state index is 0.698. The van der Waals surface area contributed by atoms with E-state index in [1.807, 2.05) is 0 Å². The normalized spacial score (nSPS) is 16.8. The van der Waals surface area contributed by atoms with Crippen LogP contribution >= 0.6 is 0 Å². The molecule has 0 saturated heterocycles. The summed E-state index contributed by atoms with van der Waals surface area (Å²) in [5, 5.41) is 11.8. The van der Waals surface area contributed by atoms with E-state index in [0.717, 1.165) is 38.5 Å². The number of hydrogen-bond donors (Lipinski definition) is 1. The first-order valence-corrected chi connectivity index (χ1v) is 6.62. The number of likely N-dealkylation sites (N-methyl/N-ethyl adjacent to an activating group) is 1. The Bertz CT molecular complexity index is 204. The van der Waals surface area contributed by atoms with Crippen LogP contribution in [-0.4, -0.2) is 37.6 Å². The zero-order valence-corrected chi connectivity index (χ0v) is 10.5. The quantitative estimate of drug-likeness (QED) is 0.641. The van der Waals surface area contributed by atoms with E-state index in [1.165, 1.54) is 25.7 Å². The number of nitrogens with one attached hydrogen (secondary N) is 1. The molecule has 0 spiro atoms. The summed E-state index contributed by atoms with van der Waals surface area (Å²) in [6, 6.07) is 3.01. The second kappa shape index (κ2) is 8.55. The molecule has 1 saturated carbocycles. The van der Waals surface area contributed by atoms with E-state index in [0.29, 0.717) is 6.42 Å². The van der Waals surface area contributed by atoms with Crippen molar-refractivity contribution in [2.45, 2.75) is 51.0 Å². The summed E-state index contributed by atoms with van der Waals surface area (Å²) >= 11 is 0. The monoisotopic (exact) mass is 223 g/mol. The number of hydrogen-bond acceptors (Lipinski definition) is 3. The Morgan fingerprint density at radius 1 is 1.25 bits per heavy atom. The first-order valence-electron chi connectivity index (χ1n) is 6.62. The Kier molecular flexibility index (Phi) is 7.20. The fourth-order valence-corrected chi connectivity index (χ4v) is 2.36. The van der Waals surface area contributed by atoms with Crippen molar-refractivity contribution in [3.63, 3.8) is 0 Å². The maximum absolute atomic E-state index is 8.39. The zero-order valence-electron chi connectivity index (χ0n) is 10.5. The Morgan fingerprint density at radius 2 is 2.00 bits per heavy atom. The molecule has 0 heterocycles. The molecule has 0 unspecified atom stereocenters. The third-order valence-corrected chi connectivity index (χ3v) is 3.48. The molecule has 0 atom stereocenters. The predicted octanol–water partition coefficient (Wildman–Crippen LogP) is 2.14. The third kappa shape index (κ3) is 5.48. The van der Waals surface area contributed by atoms with E-state index in [2.05, 4.69) is 23.3 Å². The highest BCUT2D eigenvalue weighted by molar-refractivity contribution is 4.75. The molecule has 0 amide bonds. The molecule has 1 aliphatic carbocycles. The van der Waals surface area contributed by atoms with Gasteiger partial charge in [0, 0.05) is 25.6 Å². The smallest absolute Gasteiger partial charge is 0.0621 e. The van der Waals surface area contributed by atoms with Crippen LogP contribution in [0.1, 0.15) is 44.9 Å². The van der Waals surface area contributed by atoms with Crippen molar-refractivity contribution in [3.05, 3.63) is 0 Å². The van der Waals surface area contributed by atoms with Crippen LogP contribution in [0, 0.1) is 11.3 Å². The van der Waals surface area contributed by atoms with E-state index in [-0.39, 0.29) is 0 Å². The lowest BCUT2D eigenvalue weighted by atomic mass is 10.2. The molecular weight excluding hydrogens is 198 g/mol. The van der Waals surface area contributed by atoms with Crippen molar-refractivity contribution in [2.24, 2.45) is 0 Å². The molecule has 0 aromatic heterocycles. The fraction of sp³-hybridized carbons (Fsp3) is 0.923. The molecule has 1 fully saturated rings. The summed E-state index contributed by atoms with van der Waals surface area (Å²) in [4.78, 5) is 2.50. The van der Waals surface area contributed by atoms with Gasteiger partial charge in [0.2, 0.25) is 0 Å². The van der Waals surface area contributed by atoms with Crippen LogP contribution < -0.4 is 5.32 Å². The standard InChI is InChI=1S/C13H25N3/c1-16(13-7-3-4-8-13)12-11-15-10-6-2-5-9-14/h13,15H,2-8,10-12H2,1H3. The largest absolute Gasteiger partial charge is 0.315 e. The van der Waals surface area contributed by atoms with Crippen LogP contribution in [0.15, 0.2) is 0 Å². The lowest BCUT2D eigenvalue weighted by molar-refractivity contribution is 0.245. The topological polar surface area (TPSA) is 39.1 Å². The van der Waals surface area contributed by atoms with Gasteiger partial charge in [0.1, 0.15) is 0 Å². The summed E-state index contributed by atoms with van der Waals surface area (Å²) in [6.07, 6.45) is 8.46. The number of nitriles is 1. The minimum Gasteiger partial charge on any atom is -0.315 e. The van der Waals surface area contributed by atoms with E-state index < -0.39 is 0 Å². The average Bonchev–Trinajstić information content (AvgIpc) is 2.81. The van der Waals surface area contributed by atoms with Gasteiger partial charge in [-0.15, -0.1) is 0 Å². The van der Waals surface area contributed by atoms with E-state index in [1.54, 1.807) is 0 Å². The van der Waals surface area contributed by atoms with Gasteiger partial charge in [-0.3, -0.25) is 0 Å². The molecule has 0 aliphatic heterocycles. The van der Waals surface area contributed by atoms with Crippen LogP contribution in [0.3, 0.4) is 0 Å². The summed E-state index contributed by atoms with van der Waals surface area (Å²) < 4.78 is 0. The predicted molar refractivity (Wildman–Crippen MR) is 67.2 cm³/mol. The van der Waals surface area contributed by atoms with Crippen molar-refractivity contribution in [1.82, 2.24) is 10.2 Å². The first kappa shape index (κ1) is 13.5. The minimum atomic E-state index is 0.698. The molecule has 0 radical (unpaired) electrons. The number of rotatable bonds is 8. The highest BCUT2D eigenvalue weighted by Crippen LogP contribution is 2.21. The Morgan fingerprint density at radius 3 is 2.69 bits per heavy atom. The van der Waals surface area contributed by atoms with Crippen molar-refractivity contribution < 1.29 is 0 Å². The molecule has 1 rings (SSSR count). The van der Waals surface area contributed by atoms with E-state index >= 15 is 0 Å². The van der Waals surface area contributed by atoms with Crippen LogP contribution in [0.25, 0.3) is 0 Å². The Labute approximate surface area is 99.8 Å². The SMILES string of the molecule is CN(CCNCCCCC#N)C1CCCC1. The van der Waals surface area contributed by atoms with Gasteiger partial charge in [0.25, 0.3) is 0 Å². The second-order valence-electron chi connectivity index (χ2n) is 4.78. The van der Waals surface area contributed by atoms with Crippen LogP contribution in [-0.2, 0) is 0 Å². The van der Waals surface area contributed by atoms with E-state index in [9.17, 15) is 0 Å². The van der Waals surface area contributed by atoms with Gasteiger partial charge in [-0.1, -0.05) is 12.8 Å². The molecule has 0 bridgehead atoms. The van der Waals surface area contributed by atoms with Gasteiger partial charge >= 0.3 is 0 Å². The molecule has 3 heteroatoms. The Hall–Kier alpha value is -0.590. The first-order chi connectivity index (χ1) is 7.84. The maximum atomic E-state index is 8.39. The molecule has 3 nitrogen and oxygen atoms in total. The van der Waals surface area contributed by atoms with Gasteiger partial charge in [0.15, 0.2) is 0 Å². The average molecular weight is 223 g/mol. The molecule has 1 N–H and O–H groups in total. The highest BCUT2D eigenvalue weighted by Gasteiger charge is 2.18. The van der Waals surface area contributed by atoms with Crippen LogP contribution in [0.5, 0.6) is 0 Å². The summed E-state index contributed by atoms with van der Waals surface area (Å²) in [5.74, 6) is 0. The maximum Gasteiger partial charge on any atom is 0.0621 e. The van der Waals surface area contributed by atoms with Crippen molar-refractivity contribution >= 4 is 0 Å². The lowest BCUT2D eigenvalue weighted by Gasteiger charge is -2.23. The van der Waals surface area contributed by atoms with Crippen molar-refractivity contribution in [1.29, 1.82) is 5.26 Å². The number of nitrogens with zero attached hydrogens (tertiary/aromatic N) is 2. The molecule has 1 aliphatic rings. The summed E-state index contributed by atoms with van der Waals surface area (Å²) in [5.41, 5.74) is 0.